The van der Waals surface area contributed by atoms with Crippen LogP contribution >= 0.6 is 0 Å². The molecule has 3 amide bonds. The van der Waals surface area contributed by atoms with E-state index >= 15 is 0 Å². The number of urea groups is 1. The first-order chi connectivity index (χ1) is 17.7. The molecule has 2 N–H and O–H groups in total. The molecule has 8 nitrogen and oxygen atoms in total. The Hall–Kier alpha value is -2.82. The van der Waals surface area contributed by atoms with Gasteiger partial charge in [-0.1, -0.05) is 31.5 Å². The maximum Gasteiger partial charge on any atom is 0.490 e. The van der Waals surface area contributed by atoms with Crippen LogP contribution in [0.1, 0.15) is 55.5 Å². The van der Waals surface area contributed by atoms with Gasteiger partial charge in [0.15, 0.2) is 0 Å². The van der Waals surface area contributed by atoms with Crippen LogP contribution in [0.15, 0.2) is 24.3 Å². The molecule has 1 atom stereocenters. The molecule has 3 rings (SSSR count). The summed E-state index contributed by atoms with van der Waals surface area (Å²) in [5, 5.41) is 10.2. The third-order valence-electron chi connectivity index (χ3n) is 7.29. The van der Waals surface area contributed by atoms with Gasteiger partial charge in [0.05, 0.1) is 6.04 Å². The number of nitrogens with zero attached hydrogens (tertiary/aromatic N) is 3. The van der Waals surface area contributed by atoms with Crippen molar-refractivity contribution in [3.05, 3.63) is 35.4 Å². The molecule has 2 heterocycles. The van der Waals surface area contributed by atoms with Crippen LogP contribution in [0, 0.1) is 18.3 Å². The number of halogens is 3. The van der Waals surface area contributed by atoms with Crippen LogP contribution in [-0.4, -0.2) is 96.8 Å². The Bertz CT molecular complexity index is 943. The van der Waals surface area contributed by atoms with Crippen LogP contribution in [0.25, 0.3) is 0 Å². The maximum absolute atomic E-state index is 13.5. The molecular weight excluding hydrogens is 501 g/mol. The smallest absolute Gasteiger partial charge is 0.475 e. The van der Waals surface area contributed by atoms with Crippen molar-refractivity contribution in [2.24, 2.45) is 11.3 Å². The first-order valence-corrected chi connectivity index (χ1v) is 13.0. The zero-order chi connectivity index (χ0) is 28.7. The van der Waals surface area contributed by atoms with Gasteiger partial charge in [0, 0.05) is 39.3 Å². The number of amides is 3. The predicted molar refractivity (Wildman–Crippen MR) is 139 cm³/mol. The van der Waals surface area contributed by atoms with Gasteiger partial charge in [-0.2, -0.15) is 13.2 Å². The third-order valence-corrected chi connectivity index (χ3v) is 7.29. The number of carboxylic acids is 1. The lowest BCUT2D eigenvalue weighted by Crippen LogP contribution is -2.62. The van der Waals surface area contributed by atoms with Crippen molar-refractivity contribution in [2.75, 3.05) is 46.8 Å². The van der Waals surface area contributed by atoms with Crippen molar-refractivity contribution in [1.29, 1.82) is 0 Å². The number of carboxylic acid groups (broad SMARTS) is 1. The number of carbonyl (C=O) groups excluding carboxylic acids is 2. The van der Waals surface area contributed by atoms with Crippen molar-refractivity contribution in [1.82, 2.24) is 20.0 Å². The summed E-state index contributed by atoms with van der Waals surface area (Å²) >= 11 is 0. The Morgan fingerprint density at radius 3 is 2.11 bits per heavy atom. The fourth-order valence-corrected chi connectivity index (χ4v) is 5.31. The number of nitrogens with one attached hydrogen (secondary N) is 1. The second-order valence-corrected chi connectivity index (χ2v) is 10.9. The summed E-state index contributed by atoms with van der Waals surface area (Å²) in [5.41, 5.74) is 1.97. The van der Waals surface area contributed by atoms with Crippen LogP contribution < -0.4 is 5.32 Å². The molecule has 0 aromatic heterocycles. The lowest BCUT2D eigenvalue weighted by Gasteiger charge is -2.53. The van der Waals surface area contributed by atoms with E-state index < -0.39 is 12.1 Å². The first-order valence-electron chi connectivity index (χ1n) is 13.0. The second-order valence-electron chi connectivity index (χ2n) is 10.9. The van der Waals surface area contributed by atoms with E-state index in [-0.39, 0.29) is 23.4 Å². The average molecular weight is 543 g/mol. The fraction of sp³-hybridized carbons (Fsp3) is 0.667. The van der Waals surface area contributed by atoms with Crippen molar-refractivity contribution in [2.45, 2.75) is 58.7 Å². The van der Waals surface area contributed by atoms with E-state index in [2.05, 4.69) is 29.0 Å². The standard InChI is InChI=1S/C25H40N4O2.C2HF3O2/c1-19(2)18-28-15-12-25(13-16-28)11-6-14-29(22(25)17-26-24(31)27(4)5)23(30)21-9-7-20(3)8-10-21;3-2(4,5)1(6)7/h7-10,19,22H,6,11-18H2,1-5H3,(H,26,31);(H,6,7). The fourth-order valence-electron chi connectivity index (χ4n) is 5.31. The zero-order valence-corrected chi connectivity index (χ0v) is 23.0. The molecule has 0 aliphatic carbocycles. The third kappa shape index (κ3) is 8.61. The van der Waals surface area contributed by atoms with E-state index in [1.807, 2.05) is 31.2 Å². The summed E-state index contributed by atoms with van der Waals surface area (Å²) in [6, 6.07) is 7.79. The largest absolute Gasteiger partial charge is 0.490 e. The highest BCUT2D eigenvalue weighted by molar-refractivity contribution is 5.94. The summed E-state index contributed by atoms with van der Waals surface area (Å²) in [5.74, 6) is -2.00. The minimum absolute atomic E-state index is 0.0279. The summed E-state index contributed by atoms with van der Waals surface area (Å²) in [7, 11) is 3.51. The number of piperidine rings is 2. The highest BCUT2D eigenvalue weighted by Gasteiger charge is 2.47. The van der Waals surface area contributed by atoms with E-state index in [1.165, 1.54) is 0 Å². The summed E-state index contributed by atoms with van der Waals surface area (Å²) < 4.78 is 31.7. The first kappa shape index (κ1) is 31.4. The van der Waals surface area contributed by atoms with E-state index in [0.29, 0.717) is 12.5 Å². The van der Waals surface area contributed by atoms with Gasteiger partial charge >= 0.3 is 18.2 Å². The van der Waals surface area contributed by atoms with Crippen LogP contribution in [0.2, 0.25) is 0 Å². The van der Waals surface area contributed by atoms with E-state index in [1.54, 1.807) is 19.0 Å². The molecule has 2 aliphatic heterocycles. The molecule has 38 heavy (non-hydrogen) atoms. The average Bonchev–Trinajstić information content (AvgIpc) is 2.84. The van der Waals surface area contributed by atoms with Gasteiger partial charge in [-0.3, -0.25) is 4.79 Å². The van der Waals surface area contributed by atoms with Gasteiger partial charge in [-0.15, -0.1) is 0 Å². The van der Waals surface area contributed by atoms with E-state index in [4.69, 9.17) is 9.90 Å². The molecule has 214 valence electrons. The molecule has 1 unspecified atom stereocenters. The molecule has 1 spiro atoms. The lowest BCUT2D eigenvalue weighted by molar-refractivity contribution is -0.192. The summed E-state index contributed by atoms with van der Waals surface area (Å²) in [6.07, 6.45) is -0.762. The molecule has 1 aromatic rings. The highest BCUT2D eigenvalue weighted by Crippen LogP contribution is 2.45. The Balaban J connectivity index is 0.000000638. The maximum atomic E-state index is 13.5. The van der Waals surface area contributed by atoms with Crippen molar-refractivity contribution in [3.63, 3.8) is 0 Å². The number of aryl methyl sites for hydroxylation is 1. The van der Waals surface area contributed by atoms with Gasteiger partial charge < -0.3 is 25.1 Å². The predicted octanol–water partition coefficient (Wildman–Crippen LogP) is 4.24. The minimum atomic E-state index is -5.08. The Labute approximate surface area is 223 Å². The number of alkyl halides is 3. The van der Waals surface area contributed by atoms with Crippen LogP contribution in [0.4, 0.5) is 18.0 Å². The number of carbonyl (C=O) groups is 3. The molecule has 0 radical (unpaired) electrons. The number of likely N-dealkylation sites (tertiary alicyclic amines) is 2. The SMILES string of the molecule is Cc1ccc(C(=O)N2CCCC3(CCN(CC(C)C)CC3)C2CNC(=O)N(C)C)cc1.O=C(O)C(F)(F)F. The topological polar surface area (TPSA) is 93.2 Å². The van der Waals surface area contributed by atoms with E-state index in [9.17, 15) is 22.8 Å². The Morgan fingerprint density at radius 1 is 1.08 bits per heavy atom. The summed E-state index contributed by atoms with van der Waals surface area (Å²) in [6.45, 7) is 11.1. The molecular formula is C27H41F3N4O4. The van der Waals surface area contributed by atoms with Crippen LogP contribution in [0.3, 0.4) is 0 Å². The number of hydrogen-bond donors (Lipinski definition) is 2. The molecule has 0 saturated carbocycles. The van der Waals surface area contributed by atoms with Crippen LogP contribution in [0.5, 0.6) is 0 Å². The number of rotatable bonds is 5. The molecule has 2 fully saturated rings. The van der Waals surface area contributed by atoms with Gasteiger partial charge in [-0.25, -0.2) is 9.59 Å². The quantitative estimate of drug-likeness (QED) is 0.581. The molecule has 11 heteroatoms. The van der Waals surface area contributed by atoms with Crippen molar-refractivity contribution in [3.8, 4) is 0 Å². The van der Waals surface area contributed by atoms with Crippen molar-refractivity contribution >= 4 is 17.9 Å². The van der Waals surface area contributed by atoms with Crippen molar-refractivity contribution < 1.29 is 32.7 Å². The molecule has 2 saturated heterocycles. The van der Waals surface area contributed by atoms with Gasteiger partial charge in [-0.05, 0) is 69.2 Å². The minimum Gasteiger partial charge on any atom is -0.475 e. The highest BCUT2D eigenvalue weighted by atomic mass is 19.4. The second kappa shape index (κ2) is 13.3. The van der Waals surface area contributed by atoms with Gasteiger partial charge in [0.25, 0.3) is 5.91 Å². The van der Waals surface area contributed by atoms with Gasteiger partial charge in [0.1, 0.15) is 0 Å². The number of hydrogen-bond acceptors (Lipinski definition) is 4. The Kier molecular flexibility index (Phi) is 11.0. The Morgan fingerprint density at radius 2 is 1.63 bits per heavy atom. The normalized spacial score (nSPS) is 19.5. The monoisotopic (exact) mass is 542 g/mol. The van der Waals surface area contributed by atoms with E-state index in [0.717, 1.165) is 63.0 Å². The van der Waals surface area contributed by atoms with Gasteiger partial charge in [0.2, 0.25) is 0 Å². The summed E-state index contributed by atoms with van der Waals surface area (Å²) in [4.78, 5) is 40.9. The zero-order valence-electron chi connectivity index (χ0n) is 23.0. The number of aliphatic carboxylic acids is 1. The lowest BCUT2D eigenvalue weighted by atomic mass is 9.66. The number of benzene rings is 1. The molecule has 0 bridgehead atoms. The van der Waals surface area contributed by atoms with Crippen LogP contribution in [-0.2, 0) is 4.79 Å². The molecule has 1 aromatic carbocycles. The molecule has 2 aliphatic rings.